The van der Waals surface area contributed by atoms with Crippen LogP contribution in [0.1, 0.15) is 2.74 Å². The van der Waals surface area contributed by atoms with Crippen molar-refractivity contribution in [2.45, 2.75) is 24.4 Å². The lowest BCUT2D eigenvalue weighted by Gasteiger charge is -2.22. The zero-order valence-corrected chi connectivity index (χ0v) is 6.03. The second-order valence-corrected chi connectivity index (χ2v) is 2.18. The van der Waals surface area contributed by atoms with Crippen molar-refractivity contribution in [2.75, 3.05) is 6.56 Å². The molecular weight excluding hydrogens is 168 g/mol. The molecule has 0 aromatic carbocycles. The van der Waals surface area contributed by atoms with Crippen LogP contribution < -0.4 is 0 Å². The zero-order chi connectivity index (χ0) is 11.5. The van der Waals surface area contributed by atoms with Gasteiger partial charge in [-0.05, 0) is 0 Å². The summed E-state index contributed by atoms with van der Waals surface area (Å²) in [6.45, 7) is -3.14. The minimum absolute atomic E-state index is 0.0897. The fourth-order valence-electron chi connectivity index (χ4n) is 0.546. The molecule has 0 spiro atoms. The highest BCUT2D eigenvalue weighted by Crippen LogP contribution is 2.02. The number of aliphatic hydroxyl groups excluding tert-OH is 4. The molecule has 6 nitrogen and oxygen atoms in total. The maximum Gasteiger partial charge on any atom is 0.151 e. The molecule has 0 bridgehead atoms. The predicted molar refractivity (Wildman–Crippen MR) is 37.2 cm³/mol. The number of aldehydes is 1. The van der Waals surface area contributed by atoms with Gasteiger partial charge in [0.1, 0.15) is 24.4 Å². The van der Waals surface area contributed by atoms with Gasteiger partial charge in [-0.1, -0.05) is 0 Å². The van der Waals surface area contributed by atoms with Crippen LogP contribution in [0.25, 0.3) is 0 Å². The highest BCUT2D eigenvalue weighted by atomic mass is 16.4. The summed E-state index contributed by atoms with van der Waals surface area (Å²) in [7, 11) is 0. The van der Waals surface area contributed by atoms with Crippen molar-refractivity contribution in [3.8, 4) is 0 Å². The summed E-state index contributed by atoms with van der Waals surface area (Å²) >= 11 is 0. The molecule has 0 rings (SSSR count). The number of carbonyl (C=O) groups excluding carboxylic acids is 1. The molecule has 0 radical (unpaired) electrons. The molecule has 5 N–H and O–H groups in total. The first-order chi connectivity index (χ1) is 6.21. The monoisotopic (exact) mass is 182 g/mol. The van der Waals surface area contributed by atoms with E-state index in [1.54, 1.807) is 0 Å². The van der Waals surface area contributed by atoms with Crippen LogP contribution in [0.4, 0.5) is 0 Å². The van der Waals surface area contributed by atoms with Crippen LogP contribution in [0.2, 0.25) is 0 Å². The highest BCUT2D eigenvalue weighted by molar-refractivity contribution is 5.56. The number of carbonyl (C=O) groups is 1. The Bertz CT molecular complexity index is 193. The number of aliphatic hydroxyl groups is 5. The van der Waals surface area contributed by atoms with Crippen molar-refractivity contribution in [2.24, 2.45) is 0 Å². The third-order valence-corrected chi connectivity index (χ3v) is 1.30. The number of hydrogen-bond donors (Lipinski definition) is 5. The van der Waals surface area contributed by atoms with Gasteiger partial charge in [-0.2, -0.15) is 0 Å². The molecule has 72 valence electrons. The molecule has 0 aromatic rings. The first-order valence-corrected chi connectivity index (χ1v) is 3.11. The molecule has 0 aliphatic carbocycles. The zero-order valence-electron chi connectivity index (χ0n) is 8.03. The Kier molecular flexibility index (Phi) is 3.49. The van der Waals surface area contributed by atoms with E-state index in [2.05, 4.69) is 0 Å². The van der Waals surface area contributed by atoms with E-state index in [-0.39, 0.29) is 6.29 Å². The lowest BCUT2D eigenvalue weighted by molar-refractivity contribution is -0.136. The number of hydrogen-bond acceptors (Lipinski definition) is 6. The van der Waals surface area contributed by atoms with Crippen LogP contribution >= 0.6 is 0 Å². The third-order valence-electron chi connectivity index (χ3n) is 1.30. The van der Waals surface area contributed by atoms with Crippen molar-refractivity contribution in [3.05, 3.63) is 0 Å². The van der Waals surface area contributed by atoms with E-state index in [0.717, 1.165) is 0 Å². The molecule has 0 aliphatic heterocycles. The normalized spacial score (nSPS) is 24.8. The molecule has 6 heteroatoms. The second kappa shape index (κ2) is 5.18. The summed E-state index contributed by atoms with van der Waals surface area (Å²) in [5.41, 5.74) is 0. The van der Waals surface area contributed by atoms with Crippen molar-refractivity contribution in [3.63, 3.8) is 0 Å². The fourth-order valence-corrected chi connectivity index (χ4v) is 0.546. The van der Waals surface area contributed by atoms with Gasteiger partial charge in [0.2, 0.25) is 0 Å². The van der Waals surface area contributed by atoms with Gasteiger partial charge in [-0.25, -0.2) is 0 Å². The maximum atomic E-state index is 9.96. The smallest absolute Gasteiger partial charge is 0.151 e. The van der Waals surface area contributed by atoms with Gasteiger partial charge in [-0.3, -0.25) is 0 Å². The molecule has 0 saturated heterocycles. The predicted octanol–water partition coefficient (Wildman–Crippen LogP) is -3.38. The summed E-state index contributed by atoms with van der Waals surface area (Å²) in [6, 6.07) is 0. The van der Waals surface area contributed by atoms with E-state index >= 15 is 0 Å². The molecule has 0 amide bonds. The van der Waals surface area contributed by atoms with Crippen molar-refractivity contribution in [1.29, 1.82) is 0 Å². The molecule has 0 aromatic heterocycles. The summed E-state index contributed by atoms with van der Waals surface area (Å²) < 4.78 is 13.2. The lowest BCUT2D eigenvalue weighted by atomic mass is 10.0. The van der Waals surface area contributed by atoms with Gasteiger partial charge < -0.3 is 30.3 Å². The molecule has 0 aliphatic rings. The van der Waals surface area contributed by atoms with Gasteiger partial charge >= 0.3 is 0 Å². The van der Waals surface area contributed by atoms with Crippen molar-refractivity contribution < 1.29 is 33.1 Å². The SMILES string of the molecule is [2H]C([2H])(O)[C@@H](O)[C@H](O)[C@H](O)[C@@H](O)C=O. The van der Waals surface area contributed by atoms with Gasteiger partial charge in [0, 0.05) is 0 Å². The third kappa shape index (κ3) is 2.84. The molecule has 0 heterocycles. The Hall–Kier alpha value is -0.530. The summed E-state index contributed by atoms with van der Waals surface area (Å²) in [4.78, 5) is 9.96. The fraction of sp³-hybridized carbons (Fsp3) is 0.833. The molecular formula is C6H12O6. The standard InChI is InChI=1S/C6H12O6/c7-1-3(9)5(11)6(12)4(10)2-8/h1,3-6,8-12H,2H2/t3-,4+,5+,6-/m0/s1/i2D2. The van der Waals surface area contributed by atoms with E-state index in [1.165, 1.54) is 0 Å². The summed E-state index contributed by atoms with van der Waals surface area (Å²) in [5.74, 6) is 0. The minimum atomic E-state index is -3.14. The van der Waals surface area contributed by atoms with E-state index in [4.69, 9.17) is 28.3 Å². The topological polar surface area (TPSA) is 118 Å². The largest absolute Gasteiger partial charge is 0.394 e. The van der Waals surface area contributed by atoms with E-state index in [0.29, 0.717) is 0 Å². The van der Waals surface area contributed by atoms with Gasteiger partial charge in [0.25, 0.3) is 0 Å². The van der Waals surface area contributed by atoms with Crippen molar-refractivity contribution in [1.82, 2.24) is 0 Å². The molecule has 12 heavy (non-hydrogen) atoms. The van der Waals surface area contributed by atoms with Gasteiger partial charge in [-0.15, -0.1) is 0 Å². The Morgan fingerprint density at radius 2 is 1.75 bits per heavy atom. The van der Waals surface area contributed by atoms with E-state index < -0.39 is 31.0 Å². The summed E-state index contributed by atoms with van der Waals surface area (Å²) in [6.07, 6.45) is -8.61. The lowest BCUT2D eigenvalue weighted by Crippen LogP contribution is -2.46. The Morgan fingerprint density at radius 1 is 1.25 bits per heavy atom. The first kappa shape index (κ1) is 8.09. The van der Waals surface area contributed by atoms with E-state index in [9.17, 15) is 4.79 Å². The van der Waals surface area contributed by atoms with Crippen LogP contribution in [-0.4, -0.2) is 62.8 Å². The van der Waals surface area contributed by atoms with E-state index in [1.807, 2.05) is 0 Å². The van der Waals surface area contributed by atoms with Gasteiger partial charge in [0.05, 0.1) is 9.30 Å². The Morgan fingerprint density at radius 3 is 2.08 bits per heavy atom. The van der Waals surface area contributed by atoms with Gasteiger partial charge in [0.15, 0.2) is 6.29 Å². The average Bonchev–Trinajstić information content (AvgIpc) is 2.11. The first-order valence-electron chi connectivity index (χ1n) is 4.11. The van der Waals surface area contributed by atoms with Crippen LogP contribution in [0.5, 0.6) is 0 Å². The quantitative estimate of drug-likeness (QED) is 0.283. The highest BCUT2D eigenvalue weighted by Gasteiger charge is 2.29. The van der Waals surface area contributed by atoms with Crippen molar-refractivity contribution >= 4 is 6.29 Å². The van der Waals surface area contributed by atoms with Crippen LogP contribution in [0.3, 0.4) is 0 Å². The molecule has 0 unspecified atom stereocenters. The molecule has 0 fully saturated rings. The van der Waals surface area contributed by atoms with Crippen LogP contribution in [0.15, 0.2) is 0 Å². The Balaban J connectivity index is 4.46. The number of rotatable bonds is 5. The summed E-state index contributed by atoms with van der Waals surface area (Å²) in [5, 5.41) is 44.2. The molecule has 4 atom stereocenters. The molecule has 0 saturated carbocycles. The second-order valence-electron chi connectivity index (χ2n) is 2.18. The maximum absolute atomic E-state index is 9.96. The Labute approximate surface area is 71.5 Å². The van der Waals surface area contributed by atoms with Crippen LogP contribution in [0, 0.1) is 0 Å². The van der Waals surface area contributed by atoms with Crippen LogP contribution in [-0.2, 0) is 4.79 Å². The average molecular weight is 182 g/mol. The minimum Gasteiger partial charge on any atom is -0.394 e.